The van der Waals surface area contributed by atoms with Crippen molar-refractivity contribution in [2.24, 2.45) is 5.92 Å². The molecule has 0 saturated carbocycles. The number of ether oxygens (including phenoxy) is 2. The highest BCUT2D eigenvalue weighted by atomic mass is 79.9. The zero-order valence-corrected chi connectivity index (χ0v) is 17.4. The predicted octanol–water partition coefficient (Wildman–Crippen LogP) is 3.62. The highest BCUT2D eigenvalue weighted by Crippen LogP contribution is 2.30. The second-order valence-corrected chi connectivity index (χ2v) is 8.34. The molecule has 2 aliphatic heterocycles. The third-order valence-electron chi connectivity index (χ3n) is 5.35. The number of carbonyl (C=O) groups excluding carboxylic acids is 1. The van der Waals surface area contributed by atoms with Gasteiger partial charge in [0.1, 0.15) is 12.7 Å². The molecular formula is C22H25BrN2O3. The molecule has 1 atom stereocenters. The van der Waals surface area contributed by atoms with Gasteiger partial charge in [-0.2, -0.15) is 0 Å². The van der Waals surface area contributed by atoms with E-state index in [2.05, 4.69) is 50.4 Å². The topological polar surface area (TPSA) is 50.8 Å². The summed E-state index contributed by atoms with van der Waals surface area (Å²) in [5, 5.41) is 3.06. The number of likely N-dealkylation sites (tertiary alicyclic amines) is 1. The normalized spacial score (nSPS) is 20.0. The molecule has 0 bridgehead atoms. The summed E-state index contributed by atoms with van der Waals surface area (Å²) in [6.07, 6.45) is 1.65. The standard InChI is InChI=1S/C22H25BrN2O3/c23-18-7-5-16(6-8-18)14-25-11-9-17(10-12-25)22(26)24-13-19-15-27-20-3-1-2-4-21(20)28-19/h1-8,17,19H,9-15H2,(H,24,26)/t19-/m1/s1. The van der Waals surface area contributed by atoms with Crippen LogP contribution in [0, 0.1) is 5.92 Å². The predicted molar refractivity (Wildman–Crippen MR) is 112 cm³/mol. The van der Waals surface area contributed by atoms with Crippen molar-refractivity contribution >= 4 is 21.8 Å². The minimum absolute atomic E-state index is 0.0814. The molecule has 0 unspecified atom stereocenters. The molecule has 2 heterocycles. The van der Waals surface area contributed by atoms with Gasteiger partial charge >= 0.3 is 0 Å². The Balaban J connectivity index is 1.20. The van der Waals surface area contributed by atoms with Gasteiger partial charge in [-0.15, -0.1) is 0 Å². The average Bonchev–Trinajstić information content (AvgIpc) is 2.74. The van der Waals surface area contributed by atoms with Crippen LogP contribution in [0.25, 0.3) is 0 Å². The van der Waals surface area contributed by atoms with E-state index < -0.39 is 0 Å². The summed E-state index contributed by atoms with van der Waals surface area (Å²) in [7, 11) is 0. The SMILES string of the molecule is O=C(NC[C@@H]1COc2ccccc2O1)C1CCN(Cc2ccc(Br)cc2)CC1. The third-order valence-corrected chi connectivity index (χ3v) is 5.88. The van der Waals surface area contributed by atoms with E-state index in [0.717, 1.165) is 48.4 Å². The zero-order valence-electron chi connectivity index (χ0n) is 15.8. The van der Waals surface area contributed by atoms with E-state index >= 15 is 0 Å². The molecule has 0 aromatic heterocycles. The summed E-state index contributed by atoms with van der Waals surface area (Å²) in [6.45, 7) is 3.78. The molecule has 1 N–H and O–H groups in total. The monoisotopic (exact) mass is 444 g/mol. The summed E-state index contributed by atoms with van der Waals surface area (Å²) in [4.78, 5) is 15.0. The molecule has 4 rings (SSSR count). The van der Waals surface area contributed by atoms with Crippen LogP contribution in [0.3, 0.4) is 0 Å². The van der Waals surface area contributed by atoms with E-state index in [4.69, 9.17) is 9.47 Å². The van der Waals surface area contributed by atoms with Crippen molar-refractivity contribution in [2.75, 3.05) is 26.2 Å². The molecule has 1 fully saturated rings. The van der Waals surface area contributed by atoms with E-state index in [9.17, 15) is 4.79 Å². The number of para-hydroxylation sites is 2. The molecule has 2 aromatic rings. The number of nitrogens with zero attached hydrogens (tertiary/aromatic N) is 1. The number of piperidine rings is 1. The van der Waals surface area contributed by atoms with Crippen LogP contribution in [0.2, 0.25) is 0 Å². The van der Waals surface area contributed by atoms with Gasteiger partial charge in [0.05, 0.1) is 6.54 Å². The molecular weight excluding hydrogens is 420 g/mol. The van der Waals surface area contributed by atoms with Crippen molar-refractivity contribution in [2.45, 2.75) is 25.5 Å². The Hall–Kier alpha value is -2.05. The van der Waals surface area contributed by atoms with Crippen LogP contribution in [-0.4, -0.2) is 43.2 Å². The Morgan fingerprint density at radius 1 is 1.07 bits per heavy atom. The van der Waals surface area contributed by atoms with Crippen molar-refractivity contribution in [3.05, 3.63) is 58.6 Å². The number of hydrogen-bond acceptors (Lipinski definition) is 4. The average molecular weight is 445 g/mol. The summed E-state index contributed by atoms with van der Waals surface area (Å²) < 4.78 is 12.7. The number of hydrogen-bond donors (Lipinski definition) is 1. The Morgan fingerprint density at radius 2 is 1.79 bits per heavy atom. The first-order valence-corrected chi connectivity index (χ1v) is 10.6. The lowest BCUT2D eigenvalue weighted by atomic mass is 9.95. The quantitative estimate of drug-likeness (QED) is 0.764. The minimum Gasteiger partial charge on any atom is -0.486 e. The van der Waals surface area contributed by atoms with Gasteiger partial charge in [-0.3, -0.25) is 9.69 Å². The lowest BCUT2D eigenvalue weighted by molar-refractivity contribution is -0.127. The first kappa shape index (κ1) is 19.3. The molecule has 0 radical (unpaired) electrons. The fourth-order valence-electron chi connectivity index (χ4n) is 3.72. The van der Waals surface area contributed by atoms with Gasteiger partial charge in [0.2, 0.25) is 5.91 Å². The lowest BCUT2D eigenvalue weighted by Crippen LogP contribution is -2.45. The molecule has 6 heteroatoms. The van der Waals surface area contributed by atoms with Crippen LogP contribution in [0.1, 0.15) is 18.4 Å². The fraction of sp³-hybridized carbons (Fsp3) is 0.409. The third kappa shape index (κ3) is 4.86. The zero-order chi connectivity index (χ0) is 19.3. The molecule has 5 nitrogen and oxygen atoms in total. The van der Waals surface area contributed by atoms with E-state index in [1.54, 1.807) is 0 Å². The summed E-state index contributed by atoms with van der Waals surface area (Å²) in [5.74, 6) is 1.72. The van der Waals surface area contributed by atoms with Crippen LogP contribution < -0.4 is 14.8 Å². The van der Waals surface area contributed by atoms with Gasteiger partial charge in [-0.1, -0.05) is 40.2 Å². The van der Waals surface area contributed by atoms with E-state index in [1.807, 2.05) is 24.3 Å². The maximum atomic E-state index is 12.6. The first-order chi connectivity index (χ1) is 13.7. The Kier molecular flexibility index (Phi) is 6.17. The van der Waals surface area contributed by atoms with Gasteiger partial charge < -0.3 is 14.8 Å². The summed E-state index contributed by atoms with van der Waals surface area (Å²) >= 11 is 3.47. The largest absolute Gasteiger partial charge is 0.486 e. The molecule has 1 saturated heterocycles. The van der Waals surface area contributed by atoms with Crippen molar-refractivity contribution in [3.63, 3.8) is 0 Å². The maximum Gasteiger partial charge on any atom is 0.223 e. The molecule has 2 aliphatic rings. The first-order valence-electron chi connectivity index (χ1n) is 9.80. The Bertz CT molecular complexity index is 804. The molecule has 148 valence electrons. The van der Waals surface area contributed by atoms with E-state index in [1.165, 1.54) is 5.56 Å². The second-order valence-electron chi connectivity index (χ2n) is 7.42. The summed E-state index contributed by atoms with van der Waals surface area (Å²) in [6, 6.07) is 16.1. The lowest BCUT2D eigenvalue weighted by Gasteiger charge is -2.32. The maximum absolute atomic E-state index is 12.6. The van der Waals surface area contributed by atoms with Crippen LogP contribution in [-0.2, 0) is 11.3 Å². The number of nitrogens with one attached hydrogen (secondary N) is 1. The van der Waals surface area contributed by atoms with Gasteiger partial charge in [-0.05, 0) is 55.8 Å². The number of halogens is 1. The second kappa shape index (κ2) is 8.97. The smallest absolute Gasteiger partial charge is 0.223 e. The summed E-state index contributed by atoms with van der Waals surface area (Å²) in [5.41, 5.74) is 1.31. The molecule has 2 aromatic carbocycles. The number of benzene rings is 2. The van der Waals surface area contributed by atoms with Gasteiger partial charge in [0.15, 0.2) is 11.5 Å². The Morgan fingerprint density at radius 3 is 2.54 bits per heavy atom. The number of fused-ring (bicyclic) bond motifs is 1. The molecule has 0 spiro atoms. The van der Waals surface area contributed by atoms with Gasteiger partial charge in [-0.25, -0.2) is 0 Å². The Labute approximate surface area is 174 Å². The van der Waals surface area contributed by atoms with Crippen LogP contribution in [0.5, 0.6) is 11.5 Å². The molecule has 1 amide bonds. The van der Waals surface area contributed by atoms with Crippen LogP contribution in [0.15, 0.2) is 53.0 Å². The van der Waals surface area contributed by atoms with Crippen molar-refractivity contribution < 1.29 is 14.3 Å². The minimum atomic E-state index is -0.142. The van der Waals surface area contributed by atoms with Crippen molar-refractivity contribution in [3.8, 4) is 11.5 Å². The van der Waals surface area contributed by atoms with Crippen LogP contribution >= 0.6 is 15.9 Å². The number of carbonyl (C=O) groups is 1. The molecule has 0 aliphatic carbocycles. The van der Waals surface area contributed by atoms with E-state index in [0.29, 0.717) is 13.2 Å². The van der Waals surface area contributed by atoms with Gasteiger partial charge in [0.25, 0.3) is 0 Å². The number of rotatable bonds is 5. The van der Waals surface area contributed by atoms with Crippen LogP contribution in [0.4, 0.5) is 0 Å². The van der Waals surface area contributed by atoms with Crippen molar-refractivity contribution in [1.82, 2.24) is 10.2 Å². The van der Waals surface area contributed by atoms with E-state index in [-0.39, 0.29) is 17.9 Å². The van der Waals surface area contributed by atoms with Gasteiger partial charge in [0, 0.05) is 16.9 Å². The fourth-order valence-corrected chi connectivity index (χ4v) is 3.99. The number of amides is 1. The van der Waals surface area contributed by atoms with Crippen molar-refractivity contribution in [1.29, 1.82) is 0 Å². The highest BCUT2D eigenvalue weighted by molar-refractivity contribution is 9.10. The molecule has 28 heavy (non-hydrogen) atoms. The highest BCUT2D eigenvalue weighted by Gasteiger charge is 2.27.